The van der Waals surface area contributed by atoms with Gasteiger partial charge in [0.25, 0.3) is 5.91 Å². The first-order valence-electron chi connectivity index (χ1n) is 13.0. The highest BCUT2D eigenvalue weighted by atomic mass is 16.5. The summed E-state index contributed by atoms with van der Waals surface area (Å²) in [6, 6.07) is 14.8. The molecule has 0 aromatic heterocycles. The van der Waals surface area contributed by atoms with Gasteiger partial charge in [-0.05, 0) is 38.8 Å². The van der Waals surface area contributed by atoms with E-state index in [-0.39, 0.29) is 24.4 Å². The fourth-order valence-corrected chi connectivity index (χ4v) is 5.32. The lowest BCUT2D eigenvalue weighted by Crippen LogP contribution is -2.58. The van der Waals surface area contributed by atoms with E-state index in [0.29, 0.717) is 62.9 Å². The highest BCUT2D eigenvalue weighted by Crippen LogP contribution is 2.39. The molecule has 4 rings (SSSR count). The topological polar surface area (TPSA) is 94.7 Å². The van der Waals surface area contributed by atoms with Crippen LogP contribution in [0.2, 0.25) is 0 Å². The van der Waals surface area contributed by atoms with Gasteiger partial charge in [-0.1, -0.05) is 18.2 Å². The molecule has 4 amide bonds. The second-order valence-corrected chi connectivity index (χ2v) is 9.52. The van der Waals surface area contributed by atoms with E-state index in [1.165, 1.54) is 0 Å². The Labute approximate surface area is 224 Å². The first kappa shape index (κ1) is 27.1. The largest absolute Gasteiger partial charge is 0.497 e. The molecule has 0 bridgehead atoms. The average molecular weight is 524 g/mol. The summed E-state index contributed by atoms with van der Waals surface area (Å²) in [5.41, 5.74) is 0.691. The third-order valence-corrected chi connectivity index (χ3v) is 7.50. The zero-order valence-corrected chi connectivity index (χ0v) is 22.6. The van der Waals surface area contributed by atoms with Gasteiger partial charge in [-0.2, -0.15) is 0 Å². The summed E-state index contributed by atoms with van der Waals surface area (Å²) < 4.78 is 10.6. The number of methoxy groups -OCH3 is 2. The Kier molecular flexibility index (Phi) is 8.29. The van der Waals surface area contributed by atoms with Crippen molar-refractivity contribution in [3.8, 4) is 11.5 Å². The van der Waals surface area contributed by atoms with Gasteiger partial charge in [0.1, 0.15) is 23.6 Å². The lowest BCUT2D eigenvalue weighted by atomic mass is 9.85. The summed E-state index contributed by atoms with van der Waals surface area (Å²) in [7, 11) is 3.11. The maximum Gasteiger partial charge on any atom is 0.321 e. The number of amides is 4. The molecule has 1 N–H and O–H groups in total. The number of anilines is 2. The molecule has 2 saturated heterocycles. The van der Waals surface area contributed by atoms with Crippen LogP contribution in [0.5, 0.6) is 11.5 Å². The molecular weight excluding hydrogens is 486 g/mol. The van der Waals surface area contributed by atoms with Crippen LogP contribution in [0.3, 0.4) is 0 Å². The van der Waals surface area contributed by atoms with Crippen molar-refractivity contribution in [3.05, 3.63) is 48.5 Å². The van der Waals surface area contributed by atoms with Crippen LogP contribution < -0.4 is 19.7 Å². The number of piperidine rings is 1. The number of nitrogens with zero attached hydrogens (tertiary/aromatic N) is 4. The normalized spacial score (nSPS) is 16.5. The molecular formula is C28H37N5O5. The highest BCUT2D eigenvalue weighted by Gasteiger charge is 2.54. The standard InChI is InChI=1S/C28H37N5O5/c1-5-30(6-2)25(34)19-32-20-33(22-10-8-7-9-11-22)28(26(32)35)12-14-31(15-13-28)27(36)29-21-16-23(37-3)18-24(17-21)38-4/h7-11,16-18H,5-6,12-15,19-20H2,1-4H3,(H,29,36). The van der Waals surface area contributed by atoms with Gasteiger partial charge in [0.15, 0.2) is 0 Å². The Balaban J connectivity index is 1.50. The second-order valence-electron chi connectivity index (χ2n) is 9.52. The third-order valence-electron chi connectivity index (χ3n) is 7.50. The number of benzene rings is 2. The second kappa shape index (κ2) is 11.6. The van der Waals surface area contributed by atoms with Crippen molar-refractivity contribution >= 4 is 29.2 Å². The molecule has 0 aliphatic carbocycles. The number of carbonyl (C=O) groups is 3. The van der Waals surface area contributed by atoms with Crippen molar-refractivity contribution in [2.75, 3.05) is 63.8 Å². The molecule has 204 valence electrons. The Morgan fingerprint density at radius 2 is 1.58 bits per heavy atom. The minimum absolute atomic E-state index is 0.0491. The van der Waals surface area contributed by atoms with Crippen molar-refractivity contribution in [1.82, 2.24) is 14.7 Å². The van der Waals surface area contributed by atoms with Crippen molar-refractivity contribution in [2.24, 2.45) is 0 Å². The summed E-state index contributed by atoms with van der Waals surface area (Å²) in [6.45, 7) is 6.28. The molecule has 2 aliphatic heterocycles. The number of nitrogens with one attached hydrogen (secondary N) is 1. The summed E-state index contributed by atoms with van der Waals surface area (Å²) >= 11 is 0. The molecule has 2 fully saturated rings. The van der Waals surface area contributed by atoms with E-state index >= 15 is 0 Å². The maximum atomic E-state index is 13.9. The van der Waals surface area contributed by atoms with Crippen molar-refractivity contribution in [1.29, 1.82) is 0 Å². The van der Waals surface area contributed by atoms with Gasteiger partial charge in [0.05, 0.1) is 20.9 Å². The zero-order chi connectivity index (χ0) is 27.3. The van der Waals surface area contributed by atoms with E-state index in [2.05, 4.69) is 10.2 Å². The lowest BCUT2D eigenvalue weighted by Gasteiger charge is -2.43. The summed E-state index contributed by atoms with van der Waals surface area (Å²) in [6.07, 6.45) is 0.928. The summed E-state index contributed by atoms with van der Waals surface area (Å²) in [4.78, 5) is 47.1. The average Bonchev–Trinajstić information content (AvgIpc) is 3.20. The molecule has 2 aromatic rings. The molecule has 0 radical (unpaired) electrons. The molecule has 0 atom stereocenters. The van der Waals surface area contributed by atoms with Crippen LogP contribution in [0, 0.1) is 0 Å². The number of likely N-dealkylation sites (tertiary alicyclic amines) is 1. The maximum absolute atomic E-state index is 13.9. The van der Waals surface area contributed by atoms with Crippen LogP contribution in [0.15, 0.2) is 48.5 Å². The number of rotatable bonds is 8. The Morgan fingerprint density at radius 3 is 2.13 bits per heavy atom. The molecule has 1 spiro atoms. The van der Waals surface area contributed by atoms with E-state index in [1.54, 1.807) is 47.1 Å². The highest BCUT2D eigenvalue weighted by molar-refractivity contribution is 5.97. The van der Waals surface area contributed by atoms with Gasteiger partial charge >= 0.3 is 6.03 Å². The van der Waals surface area contributed by atoms with E-state index in [1.807, 2.05) is 44.2 Å². The van der Waals surface area contributed by atoms with E-state index < -0.39 is 5.54 Å². The minimum atomic E-state index is -0.805. The van der Waals surface area contributed by atoms with Crippen molar-refractivity contribution in [2.45, 2.75) is 32.2 Å². The number of para-hydroxylation sites is 1. The molecule has 10 nitrogen and oxygen atoms in total. The van der Waals surface area contributed by atoms with Crippen LogP contribution in [-0.2, 0) is 9.59 Å². The fraction of sp³-hybridized carbons (Fsp3) is 0.464. The van der Waals surface area contributed by atoms with Crippen molar-refractivity contribution in [3.63, 3.8) is 0 Å². The summed E-state index contributed by atoms with van der Waals surface area (Å²) in [5, 5.41) is 2.92. The molecule has 0 unspecified atom stereocenters. The number of carbonyl (C=O) groups excluding carboxylic acids is 3. The zero-order valence-electron chi connectivity index (χ0n) is 22.6. The van der Waals surface area contributed by atoms with Gasteiger partial charge in [0.2, 0.25) is 5.91 Å². The Hall–Kier alpha value is -3.95. The van der Waals surface area contributed by atoms with E-state index in [4.69, 9.17) is 9.47 Å². The Bertz CT molecular complexity index is 1120. The predicted octanol–water partition coefficient (Wildman–Crippen LogP) is 3.25. The number of likely N-dealkylation sites (N-methyl/N-ethyl adjacent to an activating group) is 1. The molecule has 2 heterocycles. The van der Waals surface area contributed by atoms with Gasteiger partial charge in [-0.15, -0.1) is 0 Å². The minimum Gasteiger partial charge on any atom is -0.497 e. The number of hydrogen-bond donors (Lipinski definition) is 1. The van der Waals surface area contributed by atoms with Gasteiger partial charge in [-0.3, -0.25) is 9.59 Å². The Morgan fingerprint density at radius 1 is 0.974 bits per heavy atom. The van der Waals surface area contributed by atoms with Crippen LogP contribution in [-0.4, -0.2) is 91.7 Å². The van der Waals surface area contributed by atoms with Crippen LogP contribution in [0.25, 0.3) is 0 Å². The first-order valence-corrected chi connectivity index (χ1v) is 13.0. The monoisotopic (exact) mass is 523 g/mol. The van der Waals surface area contributed by atoms with Gasteiger partial charge in [-0.25, -0.2) is 4.79 Å². The summed E-state index contributed by atoms with van der Waals surface area (Å²) in [5.74, 6) is 1.04. The number of ether oxygens (including phenoxy) is 2. The van der Waals surface area contributed by atoms with Crippen LogP contribution in [0.4, 0.5) is 16.2 Å². The number of urea groups is 1. The quantitative estimate of drug-likeness (QED) is 0.571. The van der Waals surface area contributed by atoms with Crippen molar-refractivity contribution < 1.29 is 23.9 Å². The molecule has 2 aliphatic rings. The molecule has 2 aromatic carbocycles. The molecule has 38 heavy (non-hydrogen) atoms. The third kappa shape index (κ3) is 5.34. The molecule has 0 saturated carbocycles. The molecule has 10 heteroatoms. The van der Waals surface area contributed by atoms with Gasteiger partial charge in [0, 0.05) is 55.8 Å². The van der Waals surface area contributed by atoms with Gasteiger partial charge < -0.3 is 34.4 Å². The van der Waals surface area contributed by atoms with Crippen LogP contribution in [0.1, 0.15) is 26.7 Å². The SMILES string of the molecule is CCN(CC)C(=O)CN1CN(c2ccccc2)C2(CCN(C(=O)Nc3cc(OC)cc(OC)c3)CC2)C1=O. The lowest BCUT2D eigenvalue weighted by molar-refractivity contribution is -0.140. The van der Waals surface area contributed by atoms with Crippen LogP contribution >= 0.6 is 0 Å². The first-order chi connectivity index (χ1) is 18.3. The van der Waals surface area contributed by atoms with E-state index in [9.17, 15) is 14.4 Å². The van der Waals surface area contributed by atoms with E-state index in [0.717, 1.165) is 5.69 Å². The predicted molar refractivity (Wildman–Crippen MR) is 146 cm³/mol. The smallest absolute Gasteiger partial charge is 0.321 e. The fourth-order valence-electron chi connectivity index (χ4n) is 5.32. The number of hydrogen-bond acceptors (Lipinski definition) is 6.